The van der Waals surface area contributed by atoms with Crippen LogP contribution in [0, 0.1) is 11.6 Å². The van der Waals surface area contributed by atoms with E-state index in [9.17, 15) is 13.6 Å². The molecule has 24 heavy (non-hydrogen) atoms. The van der Waals surface area contributed by atoms with Crippen molar-refractivity contribution in [2.24, 2.45) is 0 Å². The molecule has 2 amide bonds. The smallest absolute Gasteiger partial charge is 0.322 e. The van der Waals surface area contributed by atoms with Crippen molar-refractivity contribution in [3.05, 3.63) is 23.8 Å². The average Bonchev–Trinajstić information content (AvgIpc) is 3.18. The average molecular weight is 339 g/mol. The summed E-state index contributed by atoms with van der Waals surface area (Å²) in [6.07, 6.45) is 4.08. The molecule has 2 aliphatic heterocycles. The first-order valence-electron chi connectivity index (χ1n) is 8.32. The number of hydrogen-bond donors (Lipinski definition) is 1. The maximum Gasteiger partial charge on any atom is 0.322 e. The van der Waals surface area contributed by atoms with E-state index in [-0.39, 0.29) is 23.5 Å². The molecule has 7 heteroatoms. The van der Waals surface area contributed by atoms with Crippen molar-refractivity contribution in [3.63, 3.8) is 0 Å². The van der Waals surface area contributed by atoms with Gasteiger partial charge in [-0.15, -0.1) is 0 Å². The Hall–Kier alpha value is -1.89. The summed E-state index contributed by atoms with van der Waals surface area (Å²) in [6, 6.07) is 2.00. The van der Waals surface area contributed by atoms with Gasteiger partial charge in [0.2, 0.25) is 0 Å². The zero-order valence-electron chi connectivity index (χ0n) is 14.0. The fourth-order valence-corrected chi connectivity index (χ4v) is 3.83. The lowest BCUT2D eigenvalue weighted by Gasteiger charge is -2.33. The standard InChI is InChI=1S/C17H23F2N3O2/c1-21-7-3-5-14(21)15-6-4-8-22(15)17(23)20-13-9-12(19)16(24-2)10-11(13)18/h9-10,14-15H,3-8H2,1-2H3,(H,20,23). The fraction of sp³-hybridized carbons (Fsp3) is 0.588. The summed E-state index contributed by atoms with van der Waals surface area (Å²) in [6.45, 7) is 1.68. The van der Waals surface area contributed by atoms with Gasteiger partial charge in [0.05, 0.1) is 12.8 Å². The van der Waals surface area contributed by atoms with Crippen LogP contribution in [-0.4, -0.2) is 55.2 Å². The Bertz CT molecular complexity index is 626. The second-order valence-corrected chi connectivity index (χ2v) is 6.49. The Morgan fingerprint density at radius 1 is 1.17 bits per heavy atom. The van der Waals surface area contributed by atoms with Gasteiger partial charge in [-0.05, 0) is 39.3 Å². The maximum atomic E-state index is 14.0. The van der Waals surface area contributed by atoms with Crippen LogP contribution in [0.15, 0.2) is 12.1 Å². The summed E-state index contributed by atoms with van der Waals surface area (Å²) in [5.41, 5.74) is -0.163. The van der Waals surface area contributed by atoms with Crippen LogP contribution in [0.25, 0.3) is 0 Å². The van der Waals surface area contributed by atoms with Gasteiger partial charge in [-0.2, -0.15) is 0 Å². The van der Waals surface area contributed by atoms with Crippen LogP contribution < -0.4 is 10.1 Å². The number of methoxy groups -OCH3 is 1. The second-order valence-electron chi connectivity index (χ2n) is 6.49. The molecule has 1 aromatic rings. The van der Waals surface area contributed by atoms with Crippen molar-refractivity contribution in [2.75, 3.05) is 32.6 Å². The number of likely N-dealkylation sites (tertiary alicyclic amines) is 2. The molecule has 5 nitrogen and oxygen atoms in total. The number of carbonyl (C=O) groups excluding carboxylic acids is 1. The summed E-state index contributed by atoms with van der Waals surface area (Å²) in [4.78, 5) is 16.6. The lowest BCUT2D eigenvalue weighted by molar-refractivity contribution is 0.162. The van der Waals surface area contributed by atoms with Crippen molar-refractivity contribution in [2.45, 2.75) is 37.8 Å². The lowest BCUT2D eigenvalue weighted by Crippen LogP contribution is -2.48. The number of benzene rings is 1. The zero-order chi connectivity index (χ0) is 17.3. The minimum absolute atomic E-state index is 0.128. The van der Waals surface area contributed by atoms with E-state index in [1.807, 2.05) is 0 Å². The van der Waals surface area contributed by atoms with Gasteiger partial charge in [-0.1, -0.05) is 0 Å². The predicted molar refractivity (Wildman–Crippen MR) is 87.3 cm³/mol. The molecule has 0 bridgehead atoms. The quantitative estimate of drug-likeness (QED) is 0.920. The van der Waals surface area contributed by atoms with Crippen LogP contribution in [0.4, 0.5) is 19.3 Å². The third kappa shape index (κ3) is 3.17. The number of halogens is 2. The largest absolute Gasteiger partial charge is 0.494 e. The topological polar surface area (TPSA) is 44.8 Å². The summed E-state index contributed by atoms with van der Waals surface area (Å²) >= 11 is 0. The SMILES string of the molecule is COc1cc(F)c(NC(=O)N2CCCC2C2CCCN2C)cc1F. The molecule has 2 unspecified atom stereocenters. The Kier molecular flexibility index (Phi) is 4.89. The van der Waals surface area contributed by atoms with E-state index < -0.39 is 11.6 Å². The molecular formula is C17H23F2N3O2. The monoisotopic (exact) mass is 339 g/mol. The van der Waals surface area contributed by atoms with Gasteiger partial charge in [0.1, 0.15) is 0 Å². The number of rotatable bonds is 3. The van der Waals surface area contributed by atoms with Gasteiger partial charge in [-0.3, -0.25) is 0 Å². The summed E-state index contributed by atoms with van der Waals surface area (Å²) in [7, 11) is 3.34. The molecule has 3 rings (SSSR count). The number of amides is 2. The van der Waals surface area contributed by atoms with Crippen LogP contribution in [0.5, 0.6) is 5.75 Å². The molecule has 2 aliphatic rings. The molecule has 0 spiro atoms. The van der Waals surface area contributed by atoms with Crippen LogP contribution >= 0.6 is 0 Å². The van der Waals surface area contributed by atoms with E-state index in [4.69, 9.17) is 4.74 Å². The molecule has 1 aromatic carbocycles. The van der Waals surface area contributed by atoms with Crippen molar-refractivity contribution in [1.82, 2.24) is 9.80 Å². The lowest BCUT2D eigenvalue weighted by atomic mass is 10.0. The van der Waals surface area contributed by atoms with Crippen molar-refractivity contribution in [1.29, 1.82) is 0 Å². The van der Waals surface area contributed by atoms with Crippen LogP contribution in [0.3, 0.4) is 0 Å². The molecule has 1 N–H and O–H groups in total. The molecule has 0 saturated carbocycles. The molecular weight excluding hydrogens is 316 g/mol. The van der Waals surface area contributed by atoms with Gasteiger partial charge in [0, 0.05) is 30.8 Å². The number of nitrogens with zero attached hydrogens (tertiary/aromatic N) is 2. The number of hydrogen-bond acceptors (Lipinski definition) is 3. The fourth-order valence-electron chi connectivity index (χ4n) is 3.83. The number of ether oxygens (including phenoxy) is 1. The second kappa shape index (κ2) is 6.93. The Morgan fingerprint density at radius 2 is 1.88 bits per heavy atom. The third-order valence-electron chi connectivity index (χ3n) is 5.06. The molecule has 2 atom stereocenters. The van der Waals surface area contributed by atoms with Gasteiger partial charge in [0.15, 0.2) is 17.4 Å². The first-order valence-corrected chi connectivity index (χ1v) is 8.32. The normalized spacial score (nSPS) is 24.4. The first kappa shape index (κ1) is 17.0. The highest BCUT2D eigenvalue weighted by atomic mass is 19.1. The molecule has 2 saturated heterocycles. The van der Waals surface area contributed by atoms with Crippen molar-refractivity contribution in [3.8, 4) is 5.75 Å². The highest BCUT2D eigenvalue weighted by Gasteiger charge is 2.38. The van der Waals surface area contributed by atoms with Crippen molar-refractivity contribution < 1.29 is 18.3 Å². The number of carbonyl (C=O) groups is 1. The van der Waals surface area contributed by atoms with Gasteiger partial charge < -0.3 is 19.9 Å². The van der Waals surface area contributed by atoms with E-state index >= 15 is 0 Å². The van der Waals surface area contributed by atoms with Gasteiger partial charge in [0.25, 0.3) is 0 Å². The minimum Gasteiger partial charge on any atom is -0.494 e. The first-order chi connectivity index (χ1) is 11.5. The zero-order valence-corrected chi connectivity index (χ0v) is 14.0. The van der Waals surface area contributed by atoms with Crippen LogP contribution in [0.1, 0.15) is 25.7 Å². The molecule has 0 aromatic heterocycles. The van der Waals surface area contributed by atoms with Gasteiger partial charge >= 0.3 is 6.03 Å². The number of anilines is 1. The highest BCUT2D eigenvalue weighted by Crippen LogP contribution is 2.30. The van der Waals surface area contributed by atoms with E-state index in [0.717, 1.165) is 44.4 Å². The van der Waals surface area contributed by atoms with Gasteiger partial charge in [-0.25, -0.2) is 13.6 Å². The van der Waals surface area contributed by atoms with Crippen LogP contribution in [-0.2, 0) is 0 Å². The maximum absolute atomic E-state index is 14.0. The van der Waals surface area contributed by atoms with E-state index in [0.29, 0.717) is 12.6 Å². The summed E-state index contributed by atoms with van der Waals surface area (Å²) in [5.74, 6) is -1.60. The van der Waals surface area contributed by atoms with E-state index in [2.05, 4.69) is 17.3 Å². The third-order valence-corrected chi connectivity index (χ3v) is 5.06. The Balaban J connectivity index is 1.73. The molecule has 0 radical (unpaired) electrons. The van der Waals surface area contributed by atoms with E-state index in [1.54, 1.807) is 4.90 Å². The molecule has 0 aliphatic carbocycles. The molecule has 2 heterocycles. The molecule has 132 valence electrons. The number of nitrogens with one attached hydrogen (secondary N) is 1. The summed E-state index contributed by atoms with van der Waals surface area (Å²) < 4.78 is 32.5. The highest BCUT2D eigenvalue weighted by molar-refractivity contribution is 5.90. The Labute approximate surface area is 140 Å². The van der Waals surface area contributed by atoms with Crippen molar-refractivity contribution >= 4 is 11.7 Å². The van der Waals surface area contributed by atoms with Crippen LogP contribution in [0.2, 0.25) is 0 Å². The minimum atomic E-state index is -0.713. The summed E-state index contributed by atoms with van der Waals surface area (Å²) in [5, 5.41) is 2.51. The number of urea groups is 1. The molecule has 2 fully saturated rings. The number of likely N-dealkylation sites (N-methyl/N-ethyl adjacent to an activating group) is 1. The predicted octanol–water partition coefficient (Wildman–Crippen LogP) is 3.06. The van der Waals surface area contributed by atoms with E-state index in [1.165, 1.54) is 7.11 Å². The Morgan fingerprint density at radius 3 is 2.54 bits per heavy atom.